The van der Waals surface area contributed by atoms with Crippen LogP contribution in [0, 0.1) is 0 Å². The van der Waals surface area contributed by atoms with Gasteiger partial charge in [0.15, 0.2) is 5.65 Å². The van der Waals surface area contributed by atoms with Crippen LogP contribution in [0.1, 0.15) is 32.6 Å². The van der Waals surface area contributed by atoms with Crippen LogP contribution in [0.2, 0.25) is 0 Å². The Kier molecular flexibility index (Phi) is 5.21. The van der Waals surface area contributed by atoms with E-state index in [0.717, 1.165) is 54.1 Å². The molecule has 10 heteroatoms. The monoisotopic (exact) mass is 418 g/mol. The Morgan fingerprint density at radius 2 is 1.90 bits per heavy atom. The van der Waals surface area contributed by atoms with Crippen molar-refractivity contribution in [1.82, 2.24) is 34.8 Å². The molecule has 31 heavy (non-hydrogen) atoms. The van der Waals surface area contributed by atoms with Gasteiger partial charge in [-0.25, -0.2) is 9.50 Å². The maximum Gasteiger partial charge on any atom is 0.204 e. The molecular formula is C21H26N10. The number of rotatable bonds is 6. The minimum Gasteiger partial charge on any atom is -0.366 e. The number of aromatic nitrogens is 7. The third-order valence-corrected chi connectivity index (χ3v) is 5.64. The summed E-state index contributed by atoms with van der Waals surface area (Å²) in [7, 11) is 0. The summed E-state index contributed by atoms with van der Waals surface area (Å²) in [5.74, 6) is 1.44. The second kappa shape index (κ2) is 8.31. The molecular weight excluding hydrogens is 392 g/mol. The van der Waals surface area contributed by atoms with E-state index < -0.39 is 0 Å². The first kappa shape index (κ1) is 19.4. The normalized spacial score (nSPS) is 18.9. The van der Waals surface area contributed by atoms with E-state index in [4.69, 9.17) is 5.73 Å². The lowest BCUT2D eigenvalue weighted by atomic mass is 9.92. The van der Waals surface area contributed by atoms with Crippen molar-refractivity contribution in [2.24, 2.45) is 5.73 Å². The number of hydrogen-bond acceptors (Lipinski definition) is 8. The number of anilines is 3. The molecule has 1 aliphatic rings. The smallest absolute Gasteiger partial charge is 0.204 e. The van der Waals surface area contributed by atoms with Crippen LogP contribution in [0.4, 0.5) is 17.2 Å². The zero-order valence-electron chi connectivity index (χ0n) is 17.4. The molecule has 0 spiro atoms. The van der Waals surface area contributed by atoms with Crippen LogP contribution in [0.5, 0.6) is 0 Å². The van der Waals surface area contributed by atoms with Crippen molar-refractivity contribution in [3.8, 4) is 11.4 Å². The minimum atomic E-state index is 0.323. The average molecular weight is 419 g/mol. The number of nitrogens with two attached hydrogens (primary N) is 1. The molecule has 0 atom stereocenters. The van der Waals surface area contributed by atoms with Crippen molar-refractivity contribution in [3.63, 3.8) is 0 Å². The fourth-order valence-electron chi connectivity index (χ4n) is 3.90. The second-order valence-electron chi connectivity index (χ2n) is 7.90. The van der Waals surface area contributed by atoms with E-state index in [0.29, 0.717) is 24.5 Å². The standard InChI is InChI=1S/C21H26N10/c1-2-31-28-20(26-29-31)14-3-7-16(8-4-14)24-18-13-19(27-30-12-11-23-21(18)30)25-17-9-5-15(22)6-10-17/h3-4,7-8,11-13,15,17,24H,2,5-6,9-10,22H2,1H3,(H,25,27). The molecule has 0 radical (unpaired) electrons. The topological polar surface area (TPSA) is 124 Å². The van der Waals surface area contributed by atoms with Gasteiger partial charge in [-0.2, -0.15) is 4.80 Å². The number of nitrogens with zero attached hydrogens (tertiary/aromatic N) is 7. The van der Waals surface area contributed by atoms with E-state index >= 15 is 0 Å². The second-order valence-corrected chi connectivity index (χ2v) is 7.90. The molecule has 1 aliphatic carbocycles. The van der Waals surface area contributed by atoms with Gasteiger partial charge in [0.2, 0.25) is 5.82 Å². The van der Waals surface area contributed by atoms with Crippen LogP contribution in [-0.4, -0.2) is 46.9 Å². The van der Waals surface area contributed by atoms with Crippen LogP contribution in [0.15, 0.2) is 42.7 Å². The average Bonchev–Trinajstić information content (AvgIpc) is 3.46. The molecule has 1 aromatic carbocycles. The van der Waals surface area contributed by atoms with Crippen molar-refractivity contribution in [1.29, 1.82) is 0 Å². The van der Waals surface area contributed by atoms with E-state index in [1.54, 1.807) is 15.5 Å². The van der Waals surface area contributed by atoms with Crippen molar-refractivity contribution < 1.29 is 0 Å². The van der Waals surface area contributed by atoms with Crippen molar-refractivity contribution in [3.05, 3.63) is 42.7 Å². The number of aryl methyl sites for hydroxylation is 1. The number of imidazole rings is 1. The van der Waals surface area contributed by atoms with Gasteiger partial charge in [0.25, 0.3) is 0 Å². The summed E-state index contributed by atoms with van der Waals surface area (Å²) >= 11 is 0. The van der Waals surface area contributed by atoms with E-state index in [2.05, 4.69) is 36.1 Å². The van der Waals surface area contributed by atoms with Crippen molar-refractivity contribution >= 4 is 22.8 Å². The molecule has 0 saturated heterocycles. The number of fused-ring (bicyclic) bond motifs is 1. The third kappa shape index (κ3) is 4.19. The Morgan fingerprint density at radius 1 is 1.10 bits per heavy atom. The molecule has 4 N–H and O–H groups in total. The van der Waals surface area contributed by atoms with Crippen LogP contribution in [0.25, 0.3) is 17.0 Å². The lowest BCUT2D eigenvalue weighted by Crippen LogP contribution is -2.33. The Balaban J connectivity index is 1.36. The zero-order chi connectivity index (χ0) is 21.2. The molecule has 0 unspecified atom stereocenters. The molecule has 3 heterocycles. The molecule has 10 nitrogen and oxygen atoms in total. The van der Waals surface area contributed by atoms with E-state index in [9.17, 15) is 0 Å². The van der Waals surface area contributed by atoms with Gasteiger partial charge in [0.05, 0.1) is 12.2 Å². The fraction of sp³-hybridized carbons (Fsp3) is 0.381. The minimum absolute atomic E-state index is 0.323. The summed E-state index contributed by atoms with van der Waals surface area (Å²) in [5, 5.41) is 24.2. The molecule has 1 fully saturated rings. The predicted octanol–water partition coefficient (Wildman–Crippen LogP) is 2.83. The molecule has 160 valence electrons. The highest BCUT2D eigenvalue weighted by Crippen LogP contribution is 2.27. The quantitative estimate of drug-likeness (QED) is 0.437. The van der Waals surface area contributed by atoms with Gasteiger partial charge in [-0.3, -0.25) is 0 Å². The zero-order valence-corrected chi connectivity index (χ0v) is 17.4. The summed E-state index contributed by atoms with van der Waals surface area (Å²) in [6.45, 7) is 2.68. The molecule has 5 rings (SSSR count). The highest BCUT2D eigenvalue weighted by molar-refractivity contribution is 5.76. The van der Waals surface area contributed by atoms with Crippen LogP contribution < -0.4 is 16.4 Å². The van der Waals surface area contributed by atoms with E-state index in [1.165, 1.54) is 0 Å². The summed E-state index contributed by atoms with van der Waals surface area (Å²) in [5.41, 5.74) is 9.56. The summed E-state index contributed by atoms with van der Waals surface area (Å²) < 4.78 is 1.79. The van der Waals surface area contributed by atoms with E-state index in [-0.39, 0.29) is 0 Å². The third-order valence-electron chi connectivity index (χ3n) is 5.64. The lowest BCUT2D eigenvalue weighted by molar-refractivity contribution is 0.410. The molecule has 0 bridgehead atoms. The summed E-state index contributed by atoms with van der Waals surface area (Å²) in [6, 6.07) is 10.7. The Bertz CT molecular complexity index is 1150. The van der Waals surface area contributed by atoms with Gasteiger partial charge in [-0.05, 0) is 62.1 Å². The van der Waals surface area contributed by atoms with Gasteiger partial charge >= 0.3 is 0 Å². The first-order valence-electron chi connectivity index (χ1n) is 10.7. The highest BCUT2D eigenvalue weighted by atomic mass is 15.6. The van der Waals surface area contributed by atoms with Gasteiger partial charge in [0.1, 0.15) is 5.82 Å². The van der Waals surface area contributed by atoms with Crippen molar-refractivity contribution in [2.75, 3.05) is 10.6 Å². The molecule has 4 aromatic rings. The van der Waals surface area contributed by atoms with Crippen LogP contribution in [-0.2, 0) is 6.54 Å². The van der Waals surface area contributed by atoms with Gasteiger partial charge in [-0.15, -0.1) is 15.3 Å². The first-order chi connectivity index (χ1) is 15.2. The van der Waals surface area contributed by atoms with Crippen LogP contribution in [0.3, 0.4) is 0 Å². The molecule has 1 saturated carbocycles. The Labute approximate surface area is 179 Å². The van der Waals surface area contributed by atoms with Crippen LogP contribution >= 0.6 is 0 Å². The maximum atomic E-state index is 6.04. The predicted molar refractivity (Wildman–Crippen MR) is 119 cm³/mol. The van der Waals surface area contributed by atoms with Gasteiger partial charge in [0, 0.05) is 41.8 Å². The number of hydrogen-bond donors (Lipinski definition) is 3. The summed E-state index contributed by atoms with van der Waals surface area (Å²) in [6.07, 6.45) is 7.82. The lowest BCUT2D eigenvalue weighted by Gasteiger charge is -2.27. The fourth-order valence-corrected chi connectivity index (χ4v) is 3.90. The number of nitrogens with one attached hydrogen (secondary N) is 2. The van der Waals surface area contributed by atoms with E-state index in [1.807, 2.05) is 43.5 Å². The van der Waals surface area contributed by atoms with Gasteiger partial charge < -0.3 is 16.4 Å². The highest BCUT2D eigenvalue weighted by Gasteiger charge is 2.19. The first-order valence-corrected chi connectivity index (χ1v) is 10.7. The molecule has 3 aromatic heterocycles. The largest absolute Gasteiger partial charge is 0.366 e. The maximum absolute atomic E-state index is 6.04. The Hall–Kier alpha value is -3.53. The summed E-state index contributed by atoms with van der Waals surface area (Å²) in [4.78, 5) is 6.02. The van der Waals surface area contributed by atoms with Crippen molar-refractivity contribution in [2.45, 2.75) is 51.2 Å². The molecule has 0 amide bonds. The number of tetrazole rings is 1. The number of benzene rings is 1. The van der Waals surface area contributed by atoms with Gasteiger partial charge in [-0.1, -0.05) is 0 Å². The molecule has 0 aliphatic heterocycles. The SMILES string of the molecule is CCn1nnc(-c2ccc(Nc3cc(NC4CCC(N)CC4)nn4ccnc34)cc2)n1. The Morgan fingerprint density at radius 3 is 2.65 bits per heavy atom.